The number of hydrogen-bond acceptors (Lipinski definition) is 3. The van der Waals surface area contributed by atoms with Crippen LogP contribution in [-0.2, 0) is 0 Å². The molecule has 0 radical (unpaired) electrons. The molecule has 4 aromatic carbocycles. The molecule has 4 aromatic rings. The lowest BCUT2D eigenvalue weighted by molar-refractivity contribution is 0.938. The molecule has 0 saturated heterocycles. The fraction of sp³-hybridized carbons (Fsp3) is 0.0370. The number of hydrogen-bond donors (Lipinski definition) is 0. The summed E-state index contributed by atoms with van der Waals surface area (Å²) in [6.45, 7) is 0. The van der Waals surface area contributed by atoms with Gasteiger partial charge in [-0.3, -0.25) is 0 Å². The Morgan fingerprint density at radius 3 is 1.63 bits per heavy atom. The highest BCUT2D eigenvalue weighted by molar-refractivity contribution is 5.86. The molecule has 0 aliphatic carbocycles. The van der Waals surface area contributed by atoms with Gasteiger partial charge in [0.05, 0.1) is 34.6 Å². The number of benzene rings is 4. The van der Waals surface area contributed by atoms with Crippen LogP contribution < -0.4 is 4.90 Å². The molecule has 140 valence electrons. The first kappa shape index (κ1) is 17.7. The van der Waals surface area contributed by atoms with Crippen LogP contribution in [0.25, 0.3) is 0 Å². The second kappa shape index (κ2) is 7.24. The molecule has 0 fully saturated rings. The zero-order valence-corrected chi connectivity index (χ0v) is 16.2. The SMILES string of the molecule is N#Cc1cc(C#N)cc(N2c3ccccc3C(c3ccccc3)c3ccccc32)c1. The normalized spacial score (nSPS) is 12.4. The van der Waals surface area contributed by atoms with E-state index < -0.39 is 0 Å². The first-order valence-electron chi connectivity index (χ1n) is 9.78. The van der Waals surface area contributed by atoms with Gasteiger partial charge < -0.3 is 4.90 Å². The van der Waals surface area contributed by atoms with Crippen LogP contribution in [0.3, 0.4) is 0 Å². The van der Waals surface area contributed by atoms with Crippen molar-refractivity contribution in [1.29, 1.82) is 10.5 Å². The van der Waals surface area contributed by atoms with Crippen LogP contribution in [0.5, 0.6) is 0 Å². The monoisotopic (exact) mass is 383 g/mol. The molecule has 30 heavy (non-hydrogen) atoms. The van der Waals surface area contributed by atoms with E-state index in [9.17, 15) is 10.5 Å². The maximum absolute atomic E-state index is 9.48. The van der Waals surface area contributed by atoms with E-state index in [2.05, 4.69) is 77.7 Å². The molecule has 0 atom stereocenters. The van der Waals surface area contributed by atoms with Crippen LogP contribution >= 0.6 is 0 Å². The van der Waals surface area contributed by atoms with Crippen molar-refractivity contribution in [2.45, 2.75) is 5.92 Å². The number of rotatable bonds is 2. The average molecular weight is 383 g/mol. The van der Waals surface area contributed by atoms with E-state index >= 15 is 0 Å². The zero-order chi connectivity index (χ0) is 20.5. The van der Waals surface area contributed by atoms with Crippen molar-refractivity contribution >= 4 is 17.1 Å². The molecule has 0 bridgehead atoms. The fourth-order valence-electron chi connectivity index (χ4n) is 4.32. The third-order valence-corrected chi connectivity index (χ3v) is 5.54. The number of nitriles is 2. The predicted octanol–water partition coefficient (Wildman–Crippen LogP) is 6.39. The minimum Gasteiger partial charge on any atom is -0.310 e. The molecule has 0 aromatic heterocycles. The van der Waals surface area contributed by atoms with E-state index in [1.165, 1.54) is 16.7 Å². The van der Waals surface area contributed by atoms with E-state index in [-0.39, 0.29) is 5.92 Å². The summed E-state index contributed by atoms with van der Waals surface area (Å²) in [6.07, 6.45) is 0. The molecule has 1 aliphatic heterocycles. The molecular formula is C27H17N3. The van der Waals surface area contributed by atoms with Gasteiger partial charge in [-0.1, -0.05) is 66.7 Å². The molecule has 3 nitrogen and oxygen atoms in total. The van der Waals surface area contributed by atoms with Crippen LogP contribution in [0.15, 0.2) is 97.1 Å². The molecule has 0 saturated carbocycles. The van der Waals surface area contributed by atoms with Gasteiger partial charge in [-0.2, -0.15) is 10.5 Å². The highest BCUT2D eigenvalue weighted by Crippen LogP contribution is 2.51. The van der Waals surface area contributed by atoms with Gasteiger partial charge in [-0.05, 0) is 47.0 Å². The summed E-state index contributed by atoms with van der Waals surface area (Å²) in [6, 6.07) is 36.9. The largest absolute Gasteiger partial charge is 0.310 e. The van der Waals surface area contributed by atoms with Crippen LogP contribution in [-0.4, -0.2) is 0 Å². The Balaban J connectivity index is 1.80. The van der Waals surface area contributed by atoms with Gasteiger partial charge in [0.25, 0.3) is 0 Å². The third kappa shape index (κ3) is 2.82. The van der Waals surface area contributed by atoms with Gasteiger partial charge in [0.2, 0.25) is 0 Å². The van der Waals surface area contributed by atoms with Crippen LogP contribution in [0, 0.1) is 22.7 Å². The summed E-state index contributed by atoms with van der Waals surface area (Å²) in [5, 5.41) is 19.0. The molecule has 0 amide bonds. The predicted molar refractivity (Wildman–Crippen MR) is 118 cm³/mol. The molecule has 0 spiro atoms. The summed E-state index contributed by atoms with van der Waals surface area (Å²) in [7, 11) is 0. The summed E-state index contributed by atoms with van der Waals surface area (Å²) in [5.74, 6) is 0.115. The maximum Gasteiger partial charge on any atom is 0.0992 e. The van der Waals surface area contributed by atoms with Crippen LogP contribution in [0.2, 0.25) is 0 Å². The molecule has 0 N–H and O–H groups in total. The van der Waals surface area contributed by atoms with Crippen molar-refractivity contribution in [2.24, 2.45) is 0 Å². The molecule has 3 heteroatoms. The lowest BCUT2D eigenvalue weighted by Gasteiger charge is -2.38. The van der Waals surface area contributed by atoms with Crippen molar-refractivity contribution < 1.29 is 0 Å². The minimum atomic E-state index is 0.115. The van der Waals surface area contributed by atoms with Crippen LogP contribution in [0.1, 0.15) is 33.7 Å². The van der Waals surface area contributed by atoms with E-state index in [4.69, 9.17) is 0 Å². The summed E-state index contributed by atoms with van der Waals surface area (Å²) in [5.41, 5.74) is 7.52. The lowest BCUT2D eigenvalue weighted by Crippen LogP contribution is -2.22. The van der Waals surface area contributed by atoms with Crippen molar-refractivity contribution in [3.63, 3.8) is 0 Å². The number of nitrogens with zero attached hydrogens (tertiary/aromatic N) is 3. The fourth-order valence-corrected chi connectivity index (χ4v) is 4.32. The smallest absolute Gasteiger partial charge is 0.0992 e. The first-order valence-corrected chi connectivity index (χ1v) is 9.78. The molecule has 1 aliphatic rings. The standard InChI is InChI=1S/C27H17N3/c28-17-19-14-20(18-29)16-22(15-19)30-25-12-6-4-10-23(25)27(21-8-2-1-3-9-21)24-11-5-7-13-26(24)30/h1-16,27H. The Morgan fingerprint density at radius 1 is 0.600 bits per heavy atom. The number of fused-ring (bicyclic) bond motifs is 2. The Bertz CT molecular complexity index is 1250. The average Bonchev–Trinajstić information content (AvgIpc) is 2.82. The Labute approximate surface area is 175 Å². The zero-order valence-electron chi connectivity index (χ0n) is 16.2. The van der Waals surface area contributed by atoms with Gasteiger partial charge in [0.1, 0.15) is 0 Å². The first-order chi connectivity index (χ1) is 14.8. The van der Waals surface area contributed by atoms with Gasteiger partial charge >= 0.3 is 0 Å². The highest BCUT2D eigenvalue weighted by Gasteiger charge is 2.32. The Morgan fingerprint density at radius 2 is 1.10 bits per heavy atom. The summed E-state index contributed by atoms with van der Waals surface area (Å²) < 4.78 is 0. The van der Waals surface area contributed by atoms with E-state index in [0.29, 0.717) is 11.1 Å². The Kier molecular flexibility index (Phi) is 4.28. The van der Waals surface area contributed by atoms with Gasteiger partial charge in [-0.25, -0.2) is 0 Å². The van der Waals surface area contributed by atoms with E-state index in [0.717, 1.165) is 17.1 Å². The van der Waals surface area contributed by atoms with E-state index in [1.807, 2.05) is 30.3 Å². The minimum absolute atomic E-state index is 0.115. The van der Waals surface area contributed by atoms with Crippen molar-refractivity contribution in [3.05, 3.63) is 125 Å². The number of anilines is 3. The van der Waals surface area contributed by atoms with Gasteiger partial charge in [0.15, 0.2) is 0 Å². The summed E-state index contributed by atoms with van der Waals surface area (Å²) in [4.78, 5) is 2.16. The lowest BCUT2D eigenvalue weighted by atomic mass is 9.80. The van der Waals surface area contributed by atoms with Crippen molar-refractivity contribution in [2.75, 3.05) is 4.90 Å². The number of para-hydroxylation sites is 2. The quantitative estimate of drug-likeness (QED) is 0.355. The molecule has 5 rings (SSSR count). The van der Waals surface area contributed by atoms with Gasteiger partial charge in [-0.15, -0.1) is 0 Å². The molecular weight excluding hydrogens is 366 g/mol. The molecule has 0 unspecified atom stereocenters. The highest BCUT2D eigenvalue weighted by atomic mass is 15.2. The Hall–Kier alpha value is -4.34. The van der Waals surface area contributed by atoms with Crippen molar-refractivity contribution in [1.82, 2.24) is 0 Å². The van der Waals surface area contributed by atoms with Crippen molar-refractivity contribution in [3.8, 4) is 12.1 Å². The van der Waals surface area contributed by atoms with Crippen LogP contribution in [0.4, 0.5) is 17.1 Å². The molecule has 1 heterocycles. The second-order valence-electron chi connectivity index (χ2n) is 7.29. The maximum atomic E-state index is 9.48. The third-order valence-electron chi connectivity index (χ3n) is 5.54. The second-order valence-corrected chi connectivity index (χ2v) is 7.29. The van der Waals surface area contributed by atoms with Gasteiger partial charge in [0, 0.05) is 11.6 Å². The summed E-state index contributed by atoms with van der Waals surface area (Å²) >= 11 is 0. The van der Waals surface area contributed by atoms with E-state index in [1.54, 1.807) is 6.07 Å². The topological polar surface area (TPSA) is 50.8 Å².